The average molecular weight is 455 g/mol. The maximum absolute atomic E-state index is 13.3. The Hall–Kier alpha value is -4.30. The van der Waals surface area contributed by atoms with Crippen LogP contribution in [0, 0.1) is 10.1 Å². The number of nitro groups is 1. The van der Waals surface area contributed by atoms with Crippen molar-refractivity contribution in [1.29, 1.82) is 0 Å². The van der Waals surface area contributed by atoms with Crippen molar-refractivity contribution in [3.8, 4) is 22.6 Å². The molecular weight excluding hydrogens is 438 g/mol. The zero-order valence-corrected chi connectivity index (χ0v) is 18.1. The number of nitrogens with zero attached hydrogens (tertiary/aromatic N) is 3. The van der Waals surface area contributed by atoms with Crippen LogP contribution in [0.25, 0.3) is 21.3 Å². The molecule has 0 saturated carbocycles. The Kier molecular flexibility index (Phi) is 5.42. The van der Waals surface area contributed by atoms with Gasteiger partial charge in [0, 0.05) is 23.1 Å². The van der Waals surface area contributed by atoms with Crippen molar-refractivity contribution in [3.05, 3.63) is 117 Å². The van der Waals surface area contributed by atoms with Gasteiger partial charge in [0.15, 0.2) is 0 Å². The molecule has 0 bridgehead atoms. The van der Waals surface area contributed by atoms with Gasteiger partial charge in [-0.05, 0) is 47.5 Å². The van der Waals surface area contributed by atoms with Gasteiger partial charge >= 0.3 is 0 Å². The number of aromatic nitrogens is 2. The molecule has 33 heavy (non-hydrogen) atoms. The van der Waals surface area contributed by atoms with E-state index in [9.17, 15) is 14.9 Å². The minimum atomic E-state index is -0.445. The SMILES string of the molecule is O=c1c2c(-c3ccc([N+](=O)[O-])cc3)csc2ncn1Cc1cccc(Oc2ccccc2)c1. The van der Waals surface area contributed by atoms with Gasteiger partial charge in [0.05, 0.1) is 23.2 Å². The van der Waals surface area contributed by atoms with Gasteiger partial charge in [-0.2, -0.15) is 0 Å². The summed E-state index contributed by atoms with van der Waals surface area (Å²) in [4.78, 5) is 28.9. The standard InChI is InChI=1S/C25H17N3O4S/c29-25-23-22(18-9-11-19(12-10-18)28(30)31)15-33-24(23)26-16-27(25)14-17-5-4-8-21(13-17)32-20-6-2-1-3-7-20/h1-13,15-16H,14H2. The van der Waals surface area contributed by atoms with E-state index >= 15 is 0 Å². The summed E-state index contributed by atoms with van der Waals surface area (Å²) in [6.07, 6.45) is 1.55. The second-order valence-corrected chi connectivity index (χ2v) is 8.23. The van der Waals surface area contributed by atoms with Crippen molar-refractivity contribution in [3.63, 3.8) is 0 Å². The summed E-state index contributed by atoms with van der Waals surface area (Å²) in [5.74, 6) is 1.42. The molecule has 3 aromatic carbocycles. The first kappa shape index (κ1) is 20.6. The van der Waals surface area contributed by atoms with Gasteiger partial charge in [-0.3, -0.25) is 19.5 Å². The third-order valence-electron chi connectivity index (χ3n) is 5.18. The smallest absolute Gasteiger partial charge is 0.269 e. The Labute approximate surface area is 192 Å². The number of hydrogen-bond donors (Lipinski definition) is 0. The highest BCUT2D eigenvalue weighted by Gasteiger charge is 2.15. The topological polar surface area (TPSA) is 87.3 Å². The summed E-state index contributed by atoms with van der Waals surface area (Å²) >= 11 is 1.37. The number of hydrogen-bond acceptors (Lipinski definition) is 6. The predicted octanol–water partition coefficient (Wildman–Crippen LogP) is 5.87. The molecule has 5 aromatic rings. The van der Waals surface area contributed by atoms with Gasteiger partial charge in [-0.1, -0.05) is 30.3 Å². The number of non-ortho nitro benzene ring substituents is 1. The van der Waals surface area contributed by atoms with Crippen LogP contribution >= 0.6 is 11.3 Å². The molecule has 0 amide bonds. The first-order valence-electron chi connectivity index (χ1n) is 10.1. The summed E-state index contributed by atoms with van der Waals surface area (Å²) in [5.41, 5.74) is 2.20. The highest BCUT2D eigenvalue weighted by Crippen LogP contribution is 2.31. The largest absolute Gasteiger partial charge is 0.457 e. The summed E-state index contributed by atoms with van der Waals surface area (Å²) < 4.78 is 7.46. The fourth-order valence-corrected chi connectivity index (χ4v) is 4.49. The molecule has 5 rings (SSSR count). The molecule has 0 unspecified atom stereocenters. The minimum Gasteiger partial charge on any atom is -0.457 e. The van der Waals surface area contributed by atoms with E-state index in [2.05, 4.69) is 4.98 Å². The third kappa shape index (κ3) is 4.24. The van der Waals surface area contributed by atoms with E-state index in [0.29, 0.717) is 22.5 Å². The lowest BCUT2D eigenvalue weighted by molar-refractivity contribution is -0.384. The van der Waals surface area contributed by atoms with Crippen LogP contribution in [0.4, 0.5) is 5.69 Å². The molecule has 2 heterocycles. The number of para-hydroxylation sites is 1. The molecule has 0 aliphatic heterocycles. The Balaban J connectivity index is 1.47. The maximum atomic E-state index is 13.3. The van der Waals surface area contributed by atoms with Crippen molar-refractivity contribution >= 4 is 27.2 Å². The Morgan fingerprint density at radius 3 is 2.48 bits per heavy atom. The Bertz CT molecular complexity index is 1510. The van der Waals surface area contributed by atoms with Crippen LogP contribution in [0.15, 0.2) is 95.4 Å². The first-order chi connectivity index (χ1) is 16.1. The van der Waals surface area contributed by atoms with E-state index < -0.39 is 4.92 Å². The van der Waals surface area contributed by atoms with Crippen LogP contribution in [-0.4, -0.2) is 14.5 Å². The molecule has 2 aromatic heterocycles. The van der Waals surface area contributed by atoms with Gasteiger partial charge in [0.2, 0.25) is 0 Å². The fourth-order valence-electron chi connectivity index (χ4n) is 3.58. The number of fused-ring (bicyclic) bond motifs is 1. The van der Waals surface area contributed by atoms with Crippen molar-refractivity contribution < 1.29 is 9.66 Å². The zero-order valence-electron chi connectivity index (χ0n) is 17.3. The van der Waals surface area contributed by atoms with Crippen LogP contribution in [0.3, 0.4) is 0 Å². The van der Waals surface area contributed by atoms with E-state index in [-0.39, 0.29) is 11.2 Å². The molecule has 0 spiro atoms. The van der Waals surface area contributed by atoms with E-state index in [1.807, 2.05) is 60.0 Å². The van der Waals surface area contributed by atoms with Crippen LogP contribution in [0.2, 0.25) is 0 Å². The number of ether oxygens (including phenoxy) is 1. The lowest BCUT2D eigenvalue weighted by Gasteiger charge is -2.09. The van der Waals surface area contributed by atoms with Crippen molar-refractivity contribution in [2.24, 2.45) is 0 Å². The molecule has 0 saturated heterocycles. The van der Waals surface area contributed by atoms with Crippen molar-refractivity contribution in [2.75, 3.05) is 0 Å². The van der Waals surface area contributed by atoms with Gasteiger partial charge in [0.1, 0.15) is 16.3 Å². The van der Waals surface area contributed by atoms with Gasteiger partial charge in [0.25, 0.3) is 11.2 Å². The molecule has 0 aliphatic carbocycles. The molecule has 7 nitrogen and oxygen atoms in total. The quantitative estimate of drug-likeness (QED) is 0.236. The number of nitro benzene ring substituents is 1. The molecule has 0 radical (unpaired) electrons. The average Bonchev–Trinajstić information content (AvgIpc) is 3.27. The van der Waals surface area contributed by atoms with Gasteiger partial charge in [-0.15, -0.1) is 11.3 Å². The summed E-state index contributed by atoms with van der Waals surface area (Å²) in [5, 5.41) is 13.3. The number of benzene rings is 3. The lowest BCUT2D eigenvalue weighted by atomic mass is 10.1. The molecule has 162 valence electrons. The van der Waals surface area contributed by atoms with Crippen molar-refractivity contribution in [1.82, 2.24) is 9.55 Å². The Morgan fingerprint density at radius 2 is 1.73 bits per heavy atom. The highest BCUT2D eigenvalue weighted by atomic mass is 32.1. The maximum Gasteiger partial charge on any atom is 0.269 e. The van der Waals surface area contributed by atoms with Gasteiger partial charge in [-0.25, -0.2) is 4.98 Å². The second-order valence-electron chi connectivity index (χ2n) is 7.37. The highest BCUT2D eigenvalue weighted by molar-refractivity contribution is 7.17. The number of rotatable bonds is 6. The molecule has 0 fully saturated rings. The van der Waals surface area contributed by atoms with E-state index in [1.54, 1.807) is 23.0 Å². The molecule has 0 aliphatic rings. The normalized spacial score (nSPS) is 10.9. The van der Waals surface area contributed by atoms with Crippen LogP contribution in [-0.2, 0) is 6.54 Å². The fraction of sp³-hybridized carbons (Fsp3) is 0.0400. The molecule has 8 heteroatoms. The van der Waals surface area contributed by atoms with Crippen LogP contribution in [0.5, 0.6) is 11.5 Å². The zero-order chi connectivity index (χ0) is 22.8. The van der Waals surface area contributed by atoms with Crippen molar-refractivity contribution in [2.45, 2.75) is 6.54 Å². The van der Waals surface area contributed by atoms with Crippen LogP contribution < -0.4 is 10.3 Å². The molecule has 0 atom stereocenters. The van der Waals surface area contributed by atoms with E-state index in [1.165, 1.54) is 23.5 Å². The molecular formula is C25H17N3O4S. The Morgan fingerprint density at radius 1 is 0.970 bits per heavy atom. The summed E-state index contributed by atoms with van der Waals surface area (Å²) in [6.45, 7) is 0.337. The predicted molar refractivity (Wildman–Crippen MR) is 128 cm³/mol. The summed E-state index contributed by atoms with van der Waals surface area (Å²) in [7, 11) is 0. The van der Waals surface area contributed by atoms with Gasteiger partial charge < -0.3 is 4.74 Å². The van der Waals surface area contributed by atoms with Crippen LogP contribution in [0.1, 0.15) is 5.56 Å². The second kappa shape index (κ2) is 8.68. The summed E-state index contributed by atoms with van der Waals surface area (Å²) in [6, 6.07) is 23.3. The first-order valence-corrected chi connectivity index (χ1v) is 11.0. The lowest BCUT2D eigenvalue weighted by Crippen LogP contribution is -2.21. The molecule has 0 N–H and O–H groups in total. The number of thiophene rings is 1. The monoisotopic (exact) mass is 455 g/mol. The third-order valence-corrected chi connectivity index (χ3v) is 6.07. The minimum absolute atomic E-state index is 0.00595. The van der Waals surface area contributed by atoms with E-state index in [0.717, 1.165) is 22.4 Å². The van der Waals surface area contributed by atoms with E-state index in [4.69, 9.17) is 4.74 Å².